The molecule has 0 N–H and O–H groups in total. The predicted molar refractivity (Wildman–Crippen MR) is 58.4 cm³/mol. The largest absolute Gasteiger partial charge is 0.304 e. The van der Waals surface area contributed by atoms with Gasteiger partial charge >= 0.3 is 0 Å². The Kier molecular flexibility index (Phi) is 2.06. The molecule has 0 aliphatic rings. The number of imidazole rings is 1. The third-order valence-electron chi connectivity index (χ3n) is 2.22. The zero-order valence-corrected chi connectivity index (χ0v) is 8.99. The van der Waals surface area contributed by atoms with Crippen molar-refractivity contribution in [1.82, 2.24) is 9.38 Å². The average molecular weight is 188 g/mol. The third-order valence-corrected chi connectivity index (χ3v) is 2.22. The van der Waals surface area contributed by atoms with Crippen LogP contribution in [0.3, 0.4) is 0 Å². The summed E-state index contributed by atoms with van der Waals surface area (Å²) in [7, 11) is 0. The molecular weight excluding hydrogens is 172 g/mol. The molecule has 2 heteroatoms. The normalized spacial score (nSPS) is 12.2. The molecule has 14 heavy (non-hydrogen) atoms. The van der Waals surface area contributed by atoms with Crippen molar-refractivity contribution in [3.05, 3.63) is 36.3 Å². The average Bonchev–Trinajstić information content (AvgIpc) is 2.49. The highest BCUT2D eigenvalue weighted by molar-refractivity contribution is 5.39. The quantitative estimate of drug-likeness (QED) is 0.672. The lowest BCUT2D eigenvalue weighted by atomic mass is 9.90. The van der Waals surface area contributed by atoms with Gasteiger partial charge in [0.25, 0.3) is 0 Å². The van der Waals surface area contributed by atoms with Crippen molar-refractivity contribution in [3.63, 3.8) is 0 Å². The fraction of sp³-hybridized carbons (Fsp3) is 0.417. The predicted octanol–water partition coefficient (Wildman–Crippen LogP) is 2.92. The maximum atomic E-state index is 4.27. The van der Waals surface area contributed by atoms with Crippen LogP contribution in [0.4, 0.5) is 0 Å². The minimum Gasteiger partial charge on any atom is -0.304 e. The minimum absolute atomic E-state index is 0.318. The molecule has 0 bridgehead atoms. The van der Waals surface area contributed by atoms with Crippen LogP contribution >= 0.6 is 0 Å². The summed E-state index contributed by atoms with van der Waals surface area (Å²) < 4.78 is 2.16. The van der Waals surface area contributed by atoms with Gasteiger partial charge in [0, 0.05) is 18.1 Å². The van der Waals surface area contributed by atoms with Gasteiger partial charge in [0.05, 0.1) is 0 Å². The van der Waals surface area contributed by atoms with E-state index in [1.54, 1.807) is 0 Å². The summed E-state index contributed by atoms with van der Waals surface area (Å²) in [5.41, 5.74) is 2.68. The molecule has 0 aliphatic carbocycles. The lowest BCUT2D eigenvalue weighted by Gasteiger charge is -2.18. The molecule has 0 aromatic carbocycles. The van der Waals surface area contributed by atoms with Crippen molar-refractivity contribution in [1.29, 1.82) is 0 Å². The van der Waals surface area contributed by atoms with E-state index in [9.17, 15) is 0 Å². The van der Waals surface area contributed by atoms with Crippen molar-refractivity contribution in [2.75, 3.05) is 0 Å². The molecule has 2 aromatic heterocycles. The lowest BCUT2D eigenvalue weighted by Crippen LogP contribution is -2.11. The first-order chi connectivity index (χ1) is 6.56. The molecule has 0 spiro atoms. The first-order valence-electron chi connectivity index (χ1n) is 4.97. The van der Waals surface area contributed by atoms with Crippen molar-refractivity contribution in [2.24, 2.45) is 5.41 Å². The topological polar surface area (TPSA) is 17.3 Å². The van der Waals surface area contributed by atoms with E-state index in [1.807, 2.05) is 18.5 Å². The van der Waals surface area contributed by atoms with Gasteiger partial charge in [-0.25, -0.2) is 4.98 Å². The molecule has 0 fully saturated rings. The van der Waals surface area contributed by atoms with Gasteiger partial charge in [-0.2, -0.15) is 0 Å². The Balaban J connectivity index is 2.46. The molecule has 74 valence electrons. The molecule has 0 saturated heterocycles. The van der Waals surface area contributed by atoms with Gasteiger partial charge in [0.2, 0.25) is 0 Å². The number of hydrogen-bond acceptors (Lipinski definition) is 1. The molecule has 0 unspecified atom stereocenters. The summed E-state index contributed by atoms with van der Waals surface area (Å²) in [6.07, 6.45) is 4.94. The third kappa shape index (κ3) is 1.79. The minimum atomic E-state index is 0.318. The summed E-state index contributed by atoms with van der Waals surface area (Å²) in [4.78, 5) is 4.27. The van der Waals surface area contributed by atoms with Gasteiger partial charge in [0.15, 0.2) is 0 Å². The second-order valence-corrected chi connectivity index (χ2v) is 4.91. The Hall–Kier alpha value is -1.31. The molecule has 2 heterocycles. The van der Waals surface area contributed by atoms with Crippen LogP contribution in [-0.2, 0) is 6.42 Å². The fourth-order valence-corrected chi connectivity index (χ4v) is 1.69. The molecule has 2 nitrogen and oxygen atoms in total. The van der Waals surface area contributed by atoms with E-state index in [0.29, 0.717) is 5.41 Å². The van der Waals surface area contributed by atoms with Gasteiger partial charge in [-0.3, -0.25) is 0 Å². The van der Waals surface area contributed by atoms with E-state index in [4.69, 9.17) is 0 Å². The van der Waals surface area contributed by atoms with Crippen molar-refractivity contribution >= 4 is 5.65 Å². The highest BCUT2D eigenvalue weighted by Gasteiger charge is 2.12. The molecular formula is C12H16N2. The van der Waals surface area contributed by atoms with Crippen LogP contribution in [0.15, 0.2) is 30.6 Å². The fourth-order valence-electron chi connectivity index (χ4n) is 1.69. The Morgan fingerprint density at radius 2 is 2.07 bits per heavy atom. The number of hydrogen-bond donors (Lipinski definition) is 0. The van der Waals surface area contributed by atoms with E-state index >= 15 is 0 Å². The van der Waals surface area contributed by atoms with E-state index in [0.717, 1.165) is 12.1 Å². The molecule has 0 amide bonds. The SMILES string of the molecule is CC(C)(C)Cc1cccc2nccn12. The maximum Gasteiger partial charge on any atom is 0.136 e. The second-order valence-electron chi connectivity index (χ2n) is 4.91. The van der Waals surface area contributed by atoms with Gasteiger partial charge in [-0.05, 0) is 24.0 Å². The van der Waals surface area contributed by atoms with Crippen LogP contribution < -0.4 is 0 Å². The number of rotatable bonds is 1. The van der Waals surface area contributed by atoms with Gasteiger partial charge in [-0.15, -0.1) is 0 Å². The Morgan fingerprint density at radius 3 is 2.79 bits per heavy atom. The highest BCUT2D eigenvalue weighted by Crippen LogP contribution is 2.20. The smallest absolute Gasteiger partial charge is 0.136 e. The van der Waals surface area contributed by atoms with Gasteiger partial charge < -0.3 is 4.40 Å². The molecule has 0 atom stereocenters. The Bertz CT molecular complexity index is 435. The molecule has 2 rings (SSSR count). The van der Waals surface area contributed by atoms with Crippen LogP contribution in [0.5, 0.6) is 0 Å². The highest BCUT2D eigenvalue weighted by atomic mass is 15.0. The van der Waals surface area contributed by atoms with Crippen LogP contribution in [0.25, 0.3) is 5.65 Å². The van der Waals surface area contributed by atoms with E-state index in [2.05, 4.69) is 42.3 Å². The summed E-state index contributed by atoms with van der Waals surface area (Å²) in [5.74, 6) is 0. The van der Waals surface area contributed by atoms with Crippen LogP contribution in [0.2, 0.25) is 0 Å². The summed E-state index contributed by atoms with van der Waals surface area (Å²) >= 11 is 0. The molecule has 0 radical (unpaired) electrons. The number of pyridine rings is 1. The van der Waals surface area contributed by atoms with E-state index in [-0.39, 0.29) is 0 Å². The first kappa shape index (κ1) is 9.25. The van der Waals surface area contributed by atoms with E-state index in [1.165, 1.54) is 5.69 Å². The zero-order valence-electron chi connectivity index (χ0n) is 8.99. The van der Waals surface area contributed by atoms with Gasteiger partial charge in [-0.1, -0.05) is 26.8 Å². The standard InChI is InChI=1S/C12H16N2/c1-12(2,3)9-10-5-4-6-11-13-7-8-14(10)11/h4-8H,9H2,1-3H3. The van der Waals surface area contributed by atoms with Crippen LogP contribution in [-0.4, -0.2) is 9.38 Å². The monoisotopic (exact) mass is 188 g/mol. The number of aromatic nitrogens is 2. The lowest BCUT2D eigenvalue weighted by molar-refractivity contribution is 0.404. The van der Waals surface area contributed by atoms with Crippen molar-refractivity contribution in [3.8, 4) is 0 Å². The number of nitrogens with zero attached hydrogens (tertiary/aromatic N) is 2. The number of fused-ring (bicyclic) bond motifs is 1. The zero-order chi connectivity index (χ0) is 10.2. The van der Waals surface area contributed by atoms with Crippen molar-refractivity contribution < 1.29 is 0 Å². The molecule has 0 saturated carbocycles. The van der Waals surface area contributed by atoms with Crippen molar-refractivity contribution in [2.45, 2.75) is 27.2 Å². The van der Waals surface area contributed by atoms with E-state index < -0.39 is 0 Å². The second kappa shape index (κ2) is 3.12. The summed E-state index contributed by atoms with van der Waals surface area (Å²) in [5, 5.41) is 0. The first-order valence-corrected chi connectivity index (χ1v) is 4.97. The molecule has 0 aliphatic heterocycles. The van der Waals surface area contributed by atoms with Gasteiger partial charge in [0.1, 0.15) is 5.65 Å². The van der Waals surface area contributed by atoms with Crippen LogP contribution in [0, 0.1) is 5.41 Å². The summed E-state index contributed by atoms with van der Waals surface area (Å²) in [6.45, 7) is 6.76. The Labute approximate surface area is 84.6 Å². The maximum absolute atomic E-state index is 4.27. The Morgan fingerprint density at radius 1 is 1.29 bits per heavy atom. The van der Waals surface area contributed by atoms with Crippen LogP contribution in [0.1, 0.15) is 26.5 Å². The molecule has 2 aromatic rings. The summed E-state index contributed by atoms with van der Waals surface area (Å²) in [6, 6.07) is 6.27.